The van der Waals surface area contributed by atoms with Gasteiger partial charge in [0, 0.05) is 36.6 Å². The van der Waals surface area contributed by atoms with Crippen LogP contribution in [0.2, 0.25) is 0 Å². The van der Waals surface area contributed by atoms with Gasteiger partial charge >= 0.3 is 0 Å². The van der Waals surface area contributed by atoms with E-state index in [1.807, 2.05) is 11.3 Å². The molecule has 0 fully saturated rings. The van der Waals surface area contributed by atoms with Gasteiger partial charge in [-0.1, -0.05) is 127 Å². The Balaban J connectivity index is 1.10. The number of benzene rings is 9. The fourth-order valence-electron chi connectivity index (χ4n) is 8.56. The van der Waals surface area contributed by atoms with Crippen LogP contribution in [0.3, 0.4) is 0 Å². The fraction of sp³-hybridized carbons (Fsp3) is 0.0196. The third-order valence-corrected chi connectivity index (χ3v) is 12.3. The molecule has 9 aromatic carbocycles. The second-order valence-electron chi connectivity index (χ2n) is 14.3. The summed E-state index contributed by atoms with van der Waals surface area (Å²) in [5.41, 5.74) is 10.6. The van der Waals surface area contributed by atoms with Crippen molar-refractivity contribution in [3.8, 4) is 27.9 Å². The van der Waals surface area contributed by atoms with Gasteiger partial charge in [0.1, 0.15) is 0 Å². The summed E-state index contributed by atoms with van der Waals surface area (Å²) in [7, 11) is 0. The quantitative estimate of drug-likeness (QED) is 0.162. The second-order valence-corrected chi connectivity index (χ2v) is 15.4. The average Bonchev–Trinajstić information content (AvgIpc) is 3.75. The number of rotatable bonds is 4. The van der Waals surface area contributed by atoms with Gasteiger partial charge in [0.25, 0.3) is 0 Å². The predicted molar refractivity (Wildman–Crippen MR) is 232 cm³/mol. The van der Waals surface area contributed by atoms with Crippen LogP contribution in [0, 0.1) is 0 Å². The molecule has 0 aliphatic rings. The van der Waals surface area contributed by atoms with E-state index in [2.05, 4.69) is 188 Å². The van der Waals surface area contributed by atoms with E-state index in [9.17, 15) is 0 Å². The van der Waals surface area contributed by atoms with Crippen LogP contribution in [-0.2, 0) is 0 Å². The maximum atomic E-state index is 4.29. The van der Waals surface area contributed by atoms with E-state index in [0.717, 1.165) is 16.8 Å². The maximum absolute atomic E-state index is 4.29. The lowest BCUT2D eigenvalue weighted by atomic mass is 9.92. The van der Waals surface area contributed by atoms with E-state index in [1.165, 1.54) is 96.5 Å². The highest BCUT2D eigenvalue weighted by Crippen LogP contribution is 2.41. The minimum Gasteiger partial charge on any atom is -0.309 e. The first-order valence-corrected chi connectivity index (χ1v) is 19.0. The minimum atomic E-state index is 1.06. The van der Waals surface area contributed by atoms with Crippen molar-refractivity contribution in [3.05, 3.63) is 182 Å². The Morgan fingerprint density at radius 3 is 1.68 bits per heavy atom. The van der Waals surface area contributed by atoms with Crippen LogP contribution in [0.25, 0.3) is 108 Å². The minimum absolute atomic E-state index is 1.06. The summed E-state index contributed by atoms with van der Waals surface area (Å²) in [5.74, 6) is 0. The zero-order chi connectivity index (χ0) is 35.2. The first-order chi connectivity index (χ1) is 26.1. The average molecular weight is 692 g/mol. The molecule has 2 aromatic heterocycles. The van der Waals surface area contributed by atoms with Crippen LogP contribution in [0.15, 0.2) is 176 Å². The Bertz CT molecular complexity index is 3280. The zero-order valence-electron chi connectivity index (χ0n) is 29.2. The lowest BCUT2D eigenvalue weighted by Gasteiger charge is -2.14. The SMILES string of the molecule is C=C(C)c1ccc2c3cc(-c4ccc5sc6ccccc6c5c4)ccc3n(-c3cccc(-c4ccc5c6ccccc6c6ccccc6c5c4)c3)c2c1. The van der Waals surface area contributed by atoms with Crippen LogP contribution in [-0.4, -0.2) is 4.57 Å². The fourth-order valence-corrected chi connectivity index (χ4v) is 9.65. The van der Waals surface area contributed by atoms with Crippen molar-refractivity contribution in [2.45, 2.75) is 6.92 Å². The van der Waals surface area contributed by atoms with Crippen LogP contribution >= 0.6 is 11.3 Å². The highest BCUT2D eigenvalue weighted by Gasteiger charge is 2.16. The molecule has 2 heterocycles. The molecule has 0 aliphatic heterocycles. The van der Waals surface area contributed by atoms with E-state index in [-0.39, 0.29) is 0 Å². The highest BCUT2D eigenvalue weighted by atomic mass is 32.1. The lowest BCUT2D eigenvalue weighted by molar-refractivity contribution is 1.18. The number of hydrogen-bond donors (Lipinski definition) is 0. The first-order valence-electron chi connectivity index (χ1n) is 18.2. The van der Waals surface area contributed by atoms with Crippen molar-refractivity contribution in [2.75, 3.05) is 0 Å². The molecule has 2 heteroatoms. The van der Waals surface area contributed by atoms with E-state index < -0.39 is 0 Å². The molecule has 0 spiro atoms. The van der Waals surface area contributed by atoms with Gasteiger partial charge in [-0.3, -0.25) is 0 Å². The molecule has 0 unspecified atom stereocenters. The van der Waals surface area contributed by atoms with E-state index >= 15 is 0 Å². The number of fused-ring (bicyclic) bond motifs is 12. The molecule has 53 heavy (non-hydrogen) atoms. The Hall–Kier alpha value is -6.48. The molecule has 0 amide bonds. The molecule has 0 N–H and O–H groups in total. The van der Waals surface area contributed by atoms with Gasteiger partial charge in [-0.05, 0) is 122 Å². The third-order valence-electron chi connectivity index (χ3n) is 11.2. The van der Waals surface area contributed by atoms with Crippen molar-refractivity contribution in [2.24, 2.45) is 0 Å². The van der Waals surface area contributed by atoms with Gasteiger partial charge < -0.3 is 4.57 Å². The molecule has 0 radical (unpaired) electrons. The molecule has 0 atom stereocenters. The Morgan fingerprint density at radius 2 is 0.943 bits per heavy atom. The summed E-state index contributed by atoms with van der Waals surface area (Å²) < 4.78 is 5.09. The second kappa shape index (κ2) is 11.5. The highest BCUT2D eigenvalue weighted by molar-refractivity contribution is 7.25. The summed E-state index contributed by atoms with van der Waals surface area (Å²) in [4.78, 5) is 0. The van der Waals surface area contributed by atoms with E-state index in [4.69, 9.17) is 0 Å². The standard InChI is InChI=1S/C51H33NS/c1-31(2)32-18-23-43-46-28-35(36-21-25-51-47(29-36)44-16-7-8-17-50(44)53-51)20-24-48(46)52(49(43)30-32)37-11-9-10-33(26-37)34-19-22-42-40-14-4-3-12-38(40)39-13-5-6-15-41(39)45(42)27-34/h3-30H,1H2,2H3. The lowest BCUT2D eigenvalue weighted by Crippen LogP contribution is -1.95. The molecule has 0 bridgehead atoms. The summed E-state index contributed by atoms with van der Waals surface area (Å²) in [6.45, 7) is 6.38. The molecular formula is C51H33NS. The molecule has 1 nitrogen and oxygen atoms in total. The molecule has 11 rings (SSSR count). The van der Waals surface area contributed by atoms with Gasteiger partial charge in [0.2, 0.25) is 0 Å². The molecule has 0 saturated carbocycles. The van der Waals surface area contributed by atoms with Crippen molar-refractivity contribution in [1.82, 2.24) is 4.57 Å². The Kier molecular flexibility index (Phi) is 6.56. The number of allylic oxidation sites excluding steroid dienone is 1. The van der Waals surface area contributed by atoms with Gasteiger partial charge in [0.05, 0.1) is 11.0 Å². The molecule has 248 valence electrons. The van der Waals surface area contributed by atoms with Gasteiger partial charge in [-0.15, -0.1) is 11.3 Å². The van der Waals surface area contributed by atoms with Crippen molar-refractivity contribution < 1.29 is 0 Å². The Morgan fingerprint density at radius 1 is 0.396 bits per heavy atom. The van der Waals surface area contributed by atoms with Crippen LogP contribution in [0.4, 0.5) is 0 Å². The summed E-state index contributed by atoms with van der Waals surface area (Å²) in [6, 6.07) is 63.0. The molecule has 0 saturated heterocycles. The van der Waals surface area contributed by atoms with Crippen LogP contribution in [0.1, 0.15) is 12.5 Å². The van der Waals surface area contributed by atoms with Crippen LogP contribution < -0.4 is 0 Å². The monoisotopic (exact) mass is 691 g/mol. The zero-order valence-corrected chi connectivity index (χ0v) is 30.0. The predicted octanol–water partition coefficient (Wildman–Crippen LogP) is 15.0. The third kappa shape index (κ3) is 4.63. The van der Waals surface area contributed by atoms with E-state index in [1.54, 1.807) is 0 Å². The largest absolute Gasteiger partial charge is 0.309 e. The van der Waals surface area contributed by atoms with Crippen molar-refractivity contribution in [1.29, 1.82) is 0 Å². The van der Waals surface area contributed by atoms with Crippen molar-refractivity contribution in [3.63, 3.8) is 0 Å². The topological polar surface area (TPSA) is 4.93 Å². The summed E-state index contributed by atoms with van der Waals surface area (Å²) in [6.07, 6.45) is 0. The summed E-state index contributed by atoms with van der Waals surface area (Å²) in [5, 5.41) is 12.9. The van der Waals surface area contributed by atoms with Gasteiger partial charge in [-0.25, -0.2) is 0 Å². The number of hydrogen-bond acceptors (Lipinski definition) is 1. The maximum Gasteiger partial charge on any atom is 0.0547 e. The number of aromatic nitrogens is 1. The number of nitrogens with zero attached hydrogens (tertiary/aromatic N) is 1. The first kappa shape index (κ1) is 30.2. The van der Waals surface area contributed by atoms with Crippen LogP contribution in [0.5, 0.6) is 0 Å². The smallest absolute Gasteiger partial charge is 0.0547 e. The van der Waals surface area contributed by atoms with Gasteiger partial charge in [-0.2, -0.15) is 0 Å². The summed E-state index contributed by atoms with van der Waals surface area (Å²) >= 11 is 1.86. The molecular weight excluding hydrogens is 659 g/mol. The molecule has 11 aromatic rings. The normalized spacial score (nSPS) is 11.9. The molecule has 0 aliphatic carbocycles. The number of thiophene rings is 1. The van der Waals surface area contributed by atoms with Crippen molar-refractivity contribution >= 4 is 91.2 Å². The van der Waals surface area contributed by atoms with Gasteiger partial charge in [0.15, 0.2) is 0 Å². The van der Waals surface area contributed by atoms with E-state index in [0.29, 0.717) is 0 Å². The Labute approximate surface area is 311 Å².